The Morgan fingerprint density at radius 2 is 2.22 bits per heavy atom. The average Bonchev–Trinajstić information content (AvgIpc) is 2.74. The Morgan fingerprint density at radius 1 is 1.50 bits per heavy atom. The Balaban J connectivity index is 1.74. The van der Waals surface area contributed by atoms with Crippen LogP contribution in [0.25, 0.3) is 0 Å². The van der Waals surface area contributed by atoms with Crippen molar-refractivity contribution in [2.45, 2.75) is 45.6 Å². The van der Waals surface area contributed by atoms with E-state index in [-0.39, 0.29) is 11.3 Å². The van der Waals surface area contributed by atoms with E-state index in [0.717, 1.165) is 32.4 Å². The molecule has 1 amide bonds. The molecule has 4 nitrogen and oxygen atoms in total. The number of likely N-dealkylation sites (tertiary alicyclic amines) is 1. The van der Waals surface area contributed by atoms with Gasteiger partial charge in [0.25, 0.3) is 0 Å². The highest BCUT2D eigenvalue weighted by Gasteiger charge is 2.42. The van der Waals surface area contributed by atoms with Crippen LogP contribution in [-0.2, 0) is 4.79 Å². The van der Waals surface area contributed by atoms with E-state index in [4.69, 9.17) is 5.73 Å². The molecule has 2 aliphatic rings. The molecule has 0 aromatic heterocycles. The van der Waals surface area contributed by atoms with Gasteiger partial charge in [-0.2, -0.15) is 0 Å². The molecule has 104 valence electrons. The minimum absolute atomic E-state index is 0.194. The third kappa shape index (κ3) is 2.69. The van der Waals surface area contributed by atoms with Crippen LogP contribution in [0.1, 0.15) is 39.5 Å². The van der Waals surface area contributed by atoms with Gasteiger partial charge in [0.05, 0.1) is 5.41 Å². The van der Waals surface area contributed by atoms with Gasteiger partial charge in [0, 0.05) is 25.7 Å². The van der Waals surface area contributed by atoms with Crippen LogP contribution >= 0.6 is 0 Å². The van der Waals surface area contributed by atoms with E-state index in [0.29, 0.717) is 18.5 Å². The lowest BCUT2D eigenvalue weighted by Gasteiger charge is -2.39. The predicted molar refractivity (Wildman–Crippen MR) is 73.2 cm³/mol. The summed E-state index contributed by atoms with van der Waals surface area (Å²) >= 11 is 0. The highest BCUT2D eigenvalue weighted by molar-refractivity contribution is 5.83. The maximum atomic E-state index is 12.1. The van der Waals surface area contributed by atoms with Gasteiger partial charge in [-0.25, -0.2) is 0 Å². The van der Waals surface area contributed by atoms with Crippen molar-refractivity contribution in [3.63, 3.8) is 0 Å². The first-order chi connectivity index (χ1) is 8.57. The fourth-order valence-corrected chi connectivity index (χ4v) is 3.05. The van der Waals surface area contributed by atoms with Gasteiger partial charge in [-0.15, -0.1) is 0 Å². The normalized spacial score (nSPS) is 27.2. The second-order valence-corrected chi connectivity index (χ2v) is 6.29. The smallest absolute Gasteiger partial charge is 0.227 e. The van der Waals surface area contributed by atoms with E-state index in [2.05, 4.69) is 24.1 Å². The Bertz CT molecular complexity index is 294. The van der Waals surface area contributed by atoms with Crippen LogP contribution in [-0.4, -0.2) is 43.0 Å². The van der Waals surface area contributed by atoms with Crippen molar-refractivity contribution >= 4 is 5.91 Å². The van der Waals surface area contributed by atoms with Crippen LogP contribution in [0.5, 0.6) is 0 Å². The molecule has 0 radical (unpaired) electrons. The molecule has 2 rings (SSSR count). The van der Waals surface area contributed by atoms with Crippen molar-refractivity contribution in [3.05, 3.63) is 0 Å². The zero-order valence-electron chi connectivity index (χ0n) is 11.7. The number of carbonyl (C=O) groups is 1. The van der Waals surface area contributed by atoms with Gasteiger partial charge >= 0.3 is 0 Å². The van der Waals surface area contributed by atoms with E-state index in [1.807, 2.05) is 0 Å². The van der Waals surface area contributed by atoms with Crippen molar-refractivity contribution < 1.29 is 4.79 Å². The van der Waals surface area contributed by atoms with Crippen LogP contribution in [0.3, 0.4) is 0 Å². The largest absolute Gasteiger partial charge is 0.355 e. The summed E-state index contributed by atoms with van der Waals surface area (Å²) in [6.07, 6.45) is 4.29. The fraction of sp³-hybridized carbons (Fsp3) is 0.929. The zero-order chi connectivity index (χ0) is 13.2. The minimum atomic E-state index is -0.226. The van der Waals surface area contributed by atoms with E-state index in [1.165, 1.54) is 13.0 Å². The van der Waals surface area contributed by atoms with Crippen molar-refractivity contribution in [2.24, 2.45) is 17.1 Å². The van der Waals surface area contributed by atoms with E-state index in [1.54, 1.807) is 0 Å². The SMILES string of the molecule is CC(C)N1CCC(CNC(=O)C2(CN)CCC2)C1. The molecule has 18 heavy (non-hydrogen) atoms. The molecular formula is C14H27N3O. The fourth-order valence-electron chi connectivity index (χ4n) is 3.05. The summed E-state index contributed by atoms with van der Waals surface area (Å²) in [5, 5.41) is 3.13. The molecule has 0 bridgehead atoms. The summed E-state index contributed by atoms with van der Waals surface area (Å²) in [7, 11) is 0. The van der Waals surface area contributed by atoms with Crippen molar-refractivity contribution in [3.8, 4) is 0 Å². The molecule has 2 fully saturated rings. The average molecular weight is 253 g/mol. The first-order valence-corrected chi connectivity index (χ1v) is 7.30. The minimum Gasteiger partial charge on any atom is -0.355 e. The molecule has 0 aromatic rings. The summed E-state index contributed by atoms with van der Waals surface area (Å²) in [6, 6.07) is 0.618. The number of nitrogens with zero attached hydrogens (tertiary/aromatic N) is 1. The highest BCUT2D eigenvalue weighted by Crippen LogP contribution is 2.40. The standard InChI is InChI=1S/C14H27N3O/c1-11(2)17-7-4-12(9-17)8-16-13(18)14(10-15)5-3-6-14/h11-12H,3-10,15H2,1-2H3,(H,16,18). The molecule has 1 unspecified atom stereocenters. The van der Waals surface area contributed by atoms with Crippen molar-refractivity contribution in [1.29, 1.82) is 0 Å². The van der Waals surface area contributed by atoms with Gasteiger partial charge in [0.1, 0.15) is 0 Å². The van der Waals surface area contributed by atoms with E-state index >= 15 is 0 Å². The summed E-state index contributed by atoms with van der Waals surface area (Å²) < 4.78 is 0. The molecule has 1 heterocycles. The Hall–Kier alpha value is -0.610. The quantitative estimate of drug-likeness (QED) is 0.767. The number of carbonyl (C=O) groups excluding carboxylic acids is 1. The van der Waals surface area contributed by atoms with Gasteiger partial charge in [-0.3, -0.25) is 4.79 Å². The van der Waals surface area contributed by atoms with Gasteiger partial charge < -0.3 is 16.0 Å². The maximum Gasteiger partial charge on any atom is 0.227 e. The molecule has 4 heteroatoms. The van der Waals surface area contributed by atoms with Crippen LogP contribution in [0.4, 0.5) is 0 Å². The van der Waals surface area contributed by atoms with Crippen molar-refractivity contribution in [2.75, 3.05) is 26.2 Å². The zero-order valence-corrected chi connectivity index (χ0v) is 11.7. The summed E-state index contributed by atoms with van der Waals surface area (Å²) in [4.78, 5) is 14.6. The van der Waals surface area contributed by atoms with E-state index in [9.17, 15) is 4.79 Å². The number of rotatable bonds is 5. The Morgan fingerprint density at radius 3 is 2.67 bits per heavy atom. The van der Waals surface area contributed by atoms with Crippen LogP contribution in [0.2, 0.25) is 0 Å². The molecule has 1 saturated heterocycles. The van der Waals surface area contributed by atoms with Crippen molar-refractivity contribution in [1.82, 2.24) is 10.2 Å². The maximum absolute atomic E-state index is 12.1. The summed E-state index contributed by atoms with van der Waals surface area (Å²) in [6.45, 7) is 8.08. The van der Waals surface area contributed by atoms with Gasteiger partial charge in [-0.05, 0) is 45.6 Å². The third-order valence-electron chi connectivity index (χ3n) is 4.78. The molecule has 1 aliphatic heterocycles. The molecule has 1 saturated carbocycles. The lowest BCUT2D eigenvalue weighted by atomic mass is 9.68. The monoisotopic (exact) mass is 253 g/mol. The molecule has 1 aliphatic carbocycles. The second kappa shape index (κ2) is 5.57. The lowest BCUT2D eigenvalue weighted by Crippen LogP contribution is -2.51. The molecule has 0 aromatic carbocycles. The van der Waals surface area contributed by atoms with Crippen LogP contribution in [0, 0.1) is 11.3 Å². The topological polar surface area (TPSA) is 58.4 Å². The van der Waals surface area contributed by atoms with Crippen LogP contribution in [0.15, 0.2) is 0 Å². The number of amides is 1. The van der Waals surface area contributed by atoms with Gasteiger partial charge in [-0.1, -0.05) is 6.42 Å². The van der Waals surface area contributed by atoms with Crippen LogP contribution < -0.4 is 11.1 Å². The number of nitrogens with two attached hydrogens (primary N) is 1. The first-order valence-electron chi connectivity index (χ1n) is 7.30. The van der Waals surface area contributed by atoms with Gasteiger partial charge in [0.15, 0.2) is 0 Å². The highest BCUT2D eigenvalue weighted by atomic mass is 16.2. The predicted octanol–water partition coefficient (Wildman–Crippen LogP) is 0.962. The molecule has 1 atom stereocenters. The third-order valence-corrected chi connectivity index (χ3v) is 4.78. The summed E-state index contributed by atoms with van der Waals surface area (Å²) in [5.74, 6) is 0.811. The number of hydrogen-bond donors (Lipinski definition) is 2. The number of nitrogens with one attached hydrogen (secondary N) is 1. The molecule has 3 N–H and O–H groups in total. The van der Waals surface area contributed by atoms with Gasteiger partial charge in [0.2, 0.25) is 5.91 Å². The lowest BCUT2D eigenvalue weighted by molar-refractivity contribution is -0.135. The molecule has 0 spiro atoms. The Kier molecular flexibility index (Phi) is 4.28. The Labute approximate surface area is 110 Å². The summed E-state index contributed by atoms with van der Waals surface area (Å²) in [5.41, 5.74) is 5.52. The number of hydrogen-bond acceptors (Lipinski definition) is 3. The van der Waals surface area contributed by atoms with E-state index < -0.39 is 0 Å². The molecular weight excluding hydrogens is 226 g/mol. The first kappa shape index (κ1) is 13.8. The second-order valence-electron chi connectivity index (χ2n) is 6.29.